The minimum absolute atomic E-state index is 0.174. The average molecular weight is 191 g/mol. The van der Waals surface area contributed by atoms with Crippen LogP contribution in [0.25, 0.3) is 0 Å². The predicted octanol–water partition coefficient (Wildman–Crippen LogP) is 2.95. The molecule has 0 nitrogen and oxygen atoms in total. The second-order valence-electron chi connectivity index (χ2n) is 2.22. The quantitative estimate of drug-likeness (QED) is 0.682. The van der Waals surface area contributed by atoms with Gasteiger partial charge in [-0.1, -0.05) is 17.7 Å². The van der Waals surface area contributed by atoms with Crippen molar-refractivity contribution >= 4 is 24.2 Å². The Morgan fingerprint density at radius 1 is 1.45 bits per heavy atom. The lowest BCUT2D eigenvalue weighted by Gasteiger charge is -1.98. The Morgan fingerprint density at radius 3 is 2.73 bits per heavy atom. The highest BCUT2D eigenvalue weighted by Gasteiger charge is 1.99. The highest BCUT2D eigenvalue weighted by atomic mass is 35.5. The van der Waals surface area contributed by atoms with Gasteiger partial charge < -0.3 is 0 Å². The summed E-state index contributed by atoms with van der Waals surface area (Å²) >= 11 is 9.52. The SMILES string of the molecule is Fc1cc(CCS)ccc1Cl. The Balaban J connectivity index is 2.86. The smallest absolute Gasteiger partial charge is 0.142 e. The normalized spacial score (nSPS) is 10.1. The maximum Gasteiger partial charge on any atom is 0.142 e. The molecule has 0 aromatic heterocycles. The molecule has 0 unspecified atom stereocenters. The van der Waals surface area contributed by atoms with Crippen molar-refractivity contribution in [3.05, 3.63) is 34.6 Å². The van der Waals surface area contributed by atoms with E-state index in [0.717, 1.165) is 17.7 Å². The third kappa shape index (κ3) is 2.38. The van der Waals surface area contributed by atoms with Crippen molar-refractivity contribution in [1.82, 2.24) is 0 Å². The fraction of sp³-hybridized carbons (Fsp3) is 0.250. The first-order chi connectivity index (χ1) is 5.24. The molecule has 0 spiro atoms. The van der Waals surface area contributed by atoms with Gasteiger partial charge in [-0.2, -0.15) is 12.6 Å². The van der Waals surface area contributed by atoms with Gasteiger partial charge >= 0.3 is 0 Å². The molecule has 0 saturated carbocycles. The van der Waals surface area contributed by atoms with Gasteiger partial charge in [-0.15, -0.1) is 0 Å². The molecule has 3 heteroatoms. The first-order valence-corrected chi connectivity index (χ1v) is 4.30. The van der Waals surface area contributed by atoms with Crippen LogP contribution in [-0.4, -0.2) is 5.75 Å². The summed E-state index contributed by atoms with van der Waals surface area (Å²) in [5.74, 6) is 0.368. The second-order valence-corrected chi connectivity index (χ2v) is 3.08. The van der Waals surface area contributed by atoms with E-state index in [1.54, 1.807) is 6.07 Å². The molecule has 0 aliphatic heterocycles. The van der Waals surface area contributed by atoms with Gasteiger partial charge in [-0.25, -0.2) is 4.39 Å². The van der Waals surface area contributed by atoms with Crippen LogP contribution in [0.1, 0.15) is 5.56 Å². The highest BCUT2D eigenvalue weighted by Crippen LogP contribution is 2.15. The Morgan fingerprint density at radius 2 is 2.18 bits per heavy atom. The van der Waals surface area contributed by atoms with Crippen LogP contribution >= 0.6 is 24.2 Å². The number of thiol groups is 1. The minimum atomic E-state index is -0.356. The van der Waals surface area contributed by atoms with Crippen LogP contribution in [-0.2, 0) is 6.42 Å². The molecule has 0 aliphatic carbocycles. The molecular weight excluding hydrogens is 183 g/mol. The molecule has 0 atom stereocenters. The molecule has 0 fully saturated rings. The van der Waals surface area contributed by atoms with Gasteiger partial charge in [0.15, 0.2) is 0 Å². The van der Waals surface area contributed by atoms with E-state index in [0.29, 0.717) is 0 Å². The molecule has 0 aliphatic rings. The number of hydrogen-bond acceptors (Lipinski definition) is 1. The zero-order chi connectivity index (χ0) is 8.27. The van der Waals surface area contributed by atoms with E-state index < -0.39 is 0 Å². The third-order valence-electron chi connectivity index (χ3n) is 1.38. The molecule has 60 valence electrons. The van der Waals surface area contributed by atoms with Crippen molar-refractivity contribution in [1.29, 1.82) is 0 Å². The maximum absolute atomic E-state index is 12.7. The maximum atomic E-state index is 12.7. The van der Waals surface area contributed by atoms with Crippen molar-refractivity contribution < 1.29 is 4.39 Å². The lowest BCUT2D eigenvalue weighted by molar-refractivity contribution is 0.626. The van der Waals surface area contributed by atoms with Crippen LogP contribution in [0.2, 0.25) is 5.02 Å². The Labute approximate surface area is 75.8 Å². The molecule has 1 aromatic carbocycles. The van der Waals surface area contributed by atoms with Crippen LogP contribution in [0, 0.1) is 5.82 Å². The van der Waals surface area contributed by atoms with Gasteiger partial charge in [0, 0.05) is 0 Å². The largest absolute Gasteiger partial charge is 0.205 e. The molecule has 0 radical (unpaired) electrons. The molecule has 1 rings (SSSR count). The first kappa shape index (κ1) is 8.88. The monoisotopic (exact) mass is 190 g/mol. The molecule has 0 amide bonds. The lowest BCUT2D eigenvalue weighted by Crippen LogP contribution is -1.87. The predicted molar refractivity (Wildman–Crippen MR) is 49.0 cm³/mol. The minimum Gasteiger partial charge on any atom is -0.205 e. The number of aryl methyl sites for hydroxylation is 1. The van der Waals surface area contributed by atoms with Crippen LogP contribution in [0.5, 0.6) is 0 Å². The summed E-state index contributed by atoms with van der Waals surface area (Å²) in [7, 11) is 0. The van der Waals surface area contributed by atoms with Crippen molar-refractivity contribution in [3.8, 4) is 0 Å². The summed E-state index contributed by atoms with van der Waals surface area (Å²) < 4.78 is 12.7. The van der Waals surface area contributed by atoms with Crippen molar-refractivity contribution in [2.45, 2.75) is 6.42 Å². The molecule has 11 heavy (non-hydrogen) atoms. The summed E-state index contributed by atoms with van der Waals surface area (Å²) in [5, 5.41) is 0.174. The van der Waals surface area contributed by atoms with Crippen LogP contribution in [0.4, 0.5) is 4.39 Å². The van der Waals surface area contributed by atoms with E-state index in [1.807, 2.05) is 6.07 Å². The standard InChI is InChI=1S/C8H8ClFS/c9-7-2-1-6(3-4-11)5-8(7)10/h1-2,5,11H,3-4H2. The number of rotatable bonds is 2. The van der Waals surface area contributed by atoms with E-state index in [2.05, 4.69) is 12.6 Å². The molecular formula is C8H8ClFS. The molecule has 0 heterocycles. The van der Waals surface area contributed by atoms with Gasteiger partial charge in [0.05, 0.1) is 5.02 Å². The number of halogens is 2. The van der Waals surface area contributed by atoms with E-state index >= 15 is 0 Å². The van der Waals surface area contributed by atoms with Crippen LogP contribution < -0.4 is 0 Å². The second kappa shape index (κ2) is 3.98. The Bertz CT molecular complexity index is 250. The van der Waals surface area contributed by atoms with Crippen molar-refractivity contribution in [2.75, 3.05) is 5.75 Å². The summed E-state index contributed by atoms with van der Waals surface area (Å²) in [5.41, 5.74) is 0.932. The Kier molecular flexibility index (Phi) is 3.21. The van der Waals surface area contributed by atoms with Crippen molar-refractivity contribution in [2.24, 2.45) is 0 Å². The van der Waals surface area contributed by atoms with Gasteiger partial charge in [-0.3, -0.25) is 0 Å². The zero-order valence-corrected chi connectivity index (χ0v) is 7.50. The summed E-state index contributed by atoms with van der Waals surface area (Å²) in [4.78, 5) is 0. The fourth-order valence-corrected chi connectivity index (χ4v) is 1.20. The topological polar surface area (TPSA) is 0 Å². The average Bonchev–Trinajstić information content (AvgIpc) is 1.98. The van der Waals surface area contributed by atoms with Crippen LogP contribution in [0.15, 0.2) is 18.2 Å². The molecule has 0 saturated heterocycles. The van der Waals surface area contributed by atoms with Gasteiger partial charge in [0.1, 0.15) is 5.82 Å². The third-order valence-corrected chi connectivity index (χ3v) is 1.91. The number of benzene rings is 1. The fourth-order valence-electron chi connectivity index (χ4n) is 0.824. The van der Waals surface area contributed by atoms with Gasteiger partial charge in [0.25, 0.3) is 0 Å². The zero-order valence-electron chi connectivity index (χ0n) is 5.85. The summed E-state index contributed by atoms with van der Waals surface area (Å²) in [6.45, 7) is 0. The molecule has 0 N–H and O–H groups in total. The van der Waals surface area contributed by atoms with E-state index in [-0.39, 0.29) is 10.8 Å². The van der Waals surface area contributed by atoms with Crippen molar-refractivity contribution in [3.63, 3.8) is 0 Å². The van der Waals surface area contributed by atoms with Gasteiger partial charge in [0.2, 0.25) is 0 Å². The first-order valence-electron chi connectivity index (χ1n) is 3.29. The number of hydrogen-bond donors (Lipinski definition) is 1. The highest BCUT2D eigenvalue weighted by molar-refractivity contribution is 7.80. The molecule has 1 aromatic rings. The Hall–Kier alpha value is -0.210. The molecule has 0 bridgehead atoms. The summed E-state index contributed by atoms with van der Waals surface area (Å²) in [6.07, 6.45) is 0.775. The van der Waals surface area contributed by atoms with Gasteiger partial charge in [-0.05, 0) is 29.9 Å². The van der Waals surface area contributed by atoms with E-state index in [1.165, 1.54) is 6.07 Å². The van der Waals surface area contributed by atoms with E-state index in [4.69, 9.17) is 11.6 Å². The lowest BCUT2D eigenvalue weighted by atomic mass is 10.2. The summed E-state index contributed by atoms with van der Waals surface area (Å²) in [6, 6.07) is 4.82. The van der Waals surface area contributed by atoms with E-state index in [9.17, 15) is 4.39 Å². The van der Waals surface area contributed by atoms with Crippen LogP contribution in [0.3, 0.4) is 0 Å².